The fraction of sp³-hybridized carbons (Fsp3) is 1.00. The molecule has 8 heteroatoms. The van der Waals surface area contributed by atoms with E-state index in [4.69, 9.17) is 9.47 Å². The number of hydrogen-bond donors (Lipinski definition) is 0. The molecule has 0 aromatic heterocycles. The zero-order valence-corrected chi connectivity index (χ0v) is 29.1. The van der Waals surface area contributed by atoms with Crippen LogP contribution >= 0.6 is 41.2 Å². The van der Waals surface area contributed by atoms with Crippen molar-refractivity contribution >= 4 is 58.8 Å². The molecule has 0 aliphatic carbocycles. The van der Waals surface area contributed by atoms with Gasteiger partial charge >= 0.3 is 0 Å². The molecule has 0 aromatic carbocycles. The predicted molar refractivity (Wildman–Crippen MR) is 173 cm³/mol. The average molecular weight is 587 g/mol. The van der Waals surface area contributed by atoms with Gasteiger partial charge in [0, 0.05) is 25.7 Å². The van der Waals surface area contributed by atoms with E-state index in [1.165, 1.54) is 113 Å². The summed E-state index contributed by atoms with van der Waals surface area (Å²) in [5, 5.41) is 0. The highest BCUT2D eigenvalue weighted by Gasteiger charge is 2.24. The van der Waals surface area contributed by atoms with Crippen LogP contribution in [-0.2, 0) is 9.47 Å². The molecule has 0 heterocycles. The maximum atomic E-state index is 6.06. The molecule has 206 valence electrons. The first kappa shape index (κ1) is 35.8. The first-order valence-corrected chi connectivity index (χ1v) is 24.1. The Labute approximate surface area is 233 Å². The standard InChI is InChI=1S/C26H58O2S4Si2/c1-7-11-15-19-33(20-16-12-8-2)25(27-5)23-29-31-32-30-24-26(28-6)34(21-17-13-9-3)22-18-14-10-4/h25-26,33-34H,7-24H2,1-6H3. The Bertz CT molecular complexity index is 355. The van der Waals surface area contributed by atoms with Gasteiger partial charge < -0.3 is 9.47 Å². The van der Waals surface area contributed by atoms with Crippen LogP contribution in [0.5, 0.6) is 0 Å². The van der Waals surface area contributed by atoms with Crippen molar-refractivity contribution in [3.63, 3.8) is 0 Å². The van der Waals surface area contributed by atoms with Gasteiger partial charge in [-0.3, -0.25) is 0 Å². The Kier molecular flexibility index (Phi) is 29.2. The van der Waals surface area contributed by atoms with E-state index < -0.39 is 17.6 Å². The third-order valence-electron chi connectivity index (χ3n) is 6.96. The molecule has 2 nitrogen and oxygen atoms in total. The van der Waals surface area contributed by atoms with Crippen molar-refractivity contribution in [1.29, 1.82) is 0 Å². The van der Waals surface area contributed by atoms with Crippen molar-refractivity contribution in [2.45, 2.75) is 140 Å². The smallest absolute Gasteiger partial charge is 0.0728 e. The molecular weight excluding hydrogens is 529 g/mol. The van der Waals surface area contributed by atoms with E-state index >= 15 is 0 Å². The van der Waals surface area contributed by atoms with E-state index in [0.717, 1.165) is 0 Å². The van der Waals surface area contributed by atoms with Crippen molar-refractivity contribution in [3.8, 4) is 0 Å². The average Bonchev–Trinajstić information content (AvgIpc) is 2.85. The van der Waals surface area contributed by atoms with Crippen LogP contribution in [0.3, 0.4) is 0 Å². The van der Waals surface area contributed by atoms with Gasteiger partial charge in [-0.05, 0) is 19.7 Å². The molecule has 0 saturated carbocycles. The first-order valence-electron chi connectivity index (χ1n) is 14.3. The number of unbranched alkanes of at least 4 members (excludes halogenated alkanes) is 8. The highest BCUT2D eigenvalue weighted by molar-refractivity contribution is 9.26. The van der Waals surface area contributed by atoms with E-state index in [0.29, 0.717) is 11.5 Å². The Morgan fingerprint density at radius 2 is 0.794 bits per heavy atom. The maximum Gasteiger partial charge on any atom is 0.0728 e. The maximum absolute atomic E-state index is 6.06. The van der Waals surface area contributed by atoms with Crippen LogP contribution in [-0.4, -0.2) is 54.8 Å². The SMILES string of the molecule is CCCCC[SiH](CCCCC)C(CSSSSCC(OC)[SiH](CCCCC)CCCCC)OC. The summed E-state index contributed by atoms with van der Waals surface area (Å²) < 4.78 is 12.1. The second-order valence-electron chi connectivity index (χ2n) is 9.76. The van der Waals surface area contributed by atoms with Crippen LogP contribution in [0.2, 0.25) is 24.2 Å². The Balaban J connectivity index is 4.39. The molecular formula is C26H58O2S4Si2. The summed E-state index contributed by atoms with van der Waals surface area (Å²) in [4.78, 5) is 0. The minimum atomic E-state index is -0.821. The minimum absolute atomic E-state index is 0.539. The molecule has 0 N–H and O–H groups in total. The van der Waals surface area contributed by atoms with E-state index in [-0.39, 0.29) is 0 Å². The molecule has 0 aliphatic rings. The molecule has 0 fully saturated rings. The zero-order chi connectivity index (χ0) is 25.3. The van der Waals surface area contributed by atoms with Crippen LogP contribution in [0.4, 0.5) is 0 Å². The predicted octanol–water partition coefficient (Wildman–Crippen LogP) is 9.99. The van der Waals surface area contributed by atoms with Crippen LogP contribution in [0.15, 0.2) is 0 Å². The van der Waals surface area contributed by atoms with Crippen LogP contribution < -0.4 is 0 Å². The quantitative estimate of drug-likeness (QED) is 0.0537. The minimum Gasteiger partial charge on any atom is -0.384 e. The molecule has 0 radical (unpaired) electrons. The fourth-order valence-electron chi connectivity index (χ4n) is 4.68. The summed E-state index contributed by atoms with van der Waals surface area (Å²) >= 11 is 0. The summed E-state index contributed by atoms with van der Waals surface area (Å²) in [6, 6.07) is 5.89. The first-order chi connectivity index (χ1) is 16.7. The zero-order valence-electron chi connectivity index (χ0n) is 23.5. The van der Waals surface area contributed by atoms with E-state index in [9.17, 15) is 0 Å². The molecule has 0 aromatic rings. The second kappa shape index (κ2) is 27.8. The normalized spacial score (nSPS) is 13.8. The van der Waals surface area contributed by atoms with Gasteiger partial charge in [0.25, 0.3) is 0 Å². The van der Waals surface area contributed by atoms with Gasteiger partial charge in [0.2, 0.25) is 0 Å². The van der Waals surface area contributed by atoms with E-state index in [1.54, 1.807) is 0 Å². The third kappa shape index (κ3) is 19.8. The molecule has 34 heavy (non-hydrogen) atoms. The second-order valence-corrected chi connectivity index (χ2v) is 22.7. The van der Waals surface area contributed by atoms with Crippen LogP contribution in [0.1, 0.15) is 105 Å². The summed E-state index contributed by atoms with van der Waals surface area (Å²) in [5.41, 5.74) is 1.08. The summed E-state index contributed by atoms with van der Waals surface area (Å²) in [6.45, 7) is 9.27. The Hall–Kier alpha value is 1.75. The largest absolute Gasteiger partial charge is 0.384 e. The summed E-state index contributed by atoms with van der Waals surface area (Å²) in [7, 11) is 10.3. The molecule has 0 spiro atoms. The number of ether oxygens (including phenoxy) is 2. The molecule has 0 saturated heterocycles. The van der Waals surface area contributed by atoms with Crippen molar-refractivity contribution in [2.75, 3.05) is 25.7 Å². The van der Waals surface area contributed by atoms with Gasteiger partial charge in [-0.15, -0.1) is 0 Å². The molecule has 0 bridgehead atoms. The van der Waals surface area contributed by atoms with Gasteiger partial charge in [-0.25, -0.2) is 0 Å². The molecule has 0 amide bonds. The third-order valence-corrected chi connectivity index (χ3v) is 21.8. The van der Waals surface area contributed by atoms with E-state index in [1.807, 2.05) is 55.5 Å². The summed E-state index contributed by atoms with van der Waals surface area (Å²) in [5.74, 6) is 2.34. The lowest BCUT2D eigenvalue weighted by atomic mass is 10.3. The molecule has 2 unspecified atom stereocenters. The number of rotatable bonds is 27. The van der Waals surface area contributed by atoms with Gasteiger partial charge in [0.15, 0.2) is 0 Å². The lowest BCUT2D eigenvalue weighted by Crippen LogP contribution is -2.34. The van der Waals surface area contributed by atoms with Gasteiger partial charge in [0.1, 0.15) is 0 Å². The Morgan fingerprint density at radius 1 is 0.500 bits per heavy atom. The monoisotopic (exact) mass is 586 g/mol. The van der Waals surface area contributed by atoms with Gasteiger partial charge in [-0.2, -0.15) is 0 Å². The van der Waals surface area contributed by atoms with Crippen LogP contribution in [0, 0.1) is 0 Å². The molecule has 2 atom stereocenters. The molecule has 0 rings (SSSR count). The van der Waals surface area contributed by atoms with E-state index in [2.05, 4.69) is 27.7 Å². The van der Waals surface area contributed by atoms with Crippen molar-refractivity contribution in [2.24, 2.45) is 0 Å². The van der Waals surface area contributed by atoms with Crippen molar-refractivity contribution < 1.29 is 9.47 Å². The van der Waals surface area contributed by atoms with Gasteiger partial charge in [0.05, 0.1) is 29.0 Å². The number of methoxy groups -OCH3 is 2. The van der Waals surface area contributed by atoms with Crippen molar-refractivity contribution in [3.05, 3.63) is 0 Å². The number of hydrogen-bond acceptors (Lipinski definition) is 6. The highest BCUT2D eigenvalue weighted by Crippen LogP contribution is 2.44. The fourth-order valence-corrected chi connectivity index (χ4v) is 20.3. The Morgan fingerprint density at radius 3 is 1.03 bits per heavy atom. The van der Waals surface area contributed by atoms with Gasteiger partial charge in [-0.1, -0.05) is 151 Å². The topological polar surface area (TPSA) is 18.5 Å². The highest BCUT2D eigenvalue weighted by atomic mass is 33.7. The summed E-state index contributed by atoms with van der Waals surface area (Å²) in [6.07, 6.45) is 16.6. The lowest BCUT2D eigenvalue weighted by molar-refractivity contribution is 0.178. The van der Waals surface area contributed by atoms with Crippen LogP contribution in [0.25, 0.3) is 0 Å². The van der Waals surface area contributed by atoms with Crippen molar-refractivity contribution in [1.82, 2.24) is 0 Å². The lowest BCUT2D eigenvalue weighted by Gasteiger charge is -2.25. The molecule has 0 aliphatic heterocycles.